The Balaban J connectivity index is 1.91. The molecule has 0 spiro atoms. The second kappa shape index (κ2) is 11.8. The van der Waals surface area contributed by atoms with Gasteiger partial charge in [-0.15, -0.1) is 0 Å². The van der Waals surface area contributed by atoms with Crippen LogP contribution in [0.15, 0.2) is 46.9 Å². The number of amides is 2. The van der Waals surface area contributed by atoms with Gasteiger partial charge in [-0.05, 0) is 62.1 Å². The molecule has 2 amide bonds. The number of hydrogen-bond acceptors (Lipinski definition) is 4. The molecule has 10 heteroatoms. The van der Waals surface area contributed by atoms with Crippen molar-refractivity contribution in [3.63, 3.8) is 0 Å². The van der Waals surface area contributed by atoms with Crippen molar-refractivity contribution in [2.45, 2.75) is 58.2 Å². The summed E-state index contributed by atoms with van der Waals surface area (Å²) < 4.78 is 27.3. The minimum absolute atomic E-state index is 0.106. The summed E-state index contributed by atoms with van der Waals surface area (Å²) in [5.74, 6) is -0.728. The number of halogens is 2. The minimum Gasteiger partial charge on any atom is -0.352 e. The van der Waals surface area contributed by atoms with Crippen molar-refractivity contribution in [3.8, 4) is 0 Å². The highest BCUT2D eigenvalue weighted by atomic mass is 79.9. The van der Waals surface area contributed by atoms with Crippen LogP contribution in [0.4, 0.5) is 5.69 Å². The van der Waals surface area contributed by atoms with Crippen LogP contribution in [0.5, 0.6) is 0 Å². The summed E-state index contributed by atoms with van der Waals surface area (Å²) >= 11 is 9.57. The molecule has 0 aromatic heterocycles. The predicted octanol–water partition coefficient (Wildman–Crippen LogP) is 4.65. The van der Waals surface area contributed by atoms with Crippen molar-refractivity contribution in [2.75, 3.05) is 17.1 Å². The zero-order valence-electron chi connectivity index (χ0n) is 20.1. The van der Waals surface area contributed by atoms with E-state index in [9.17, 15) is 18.0 Å². The van der Waals surface area contributed by atoms with Crippen LogP contribution < -0.4 is 9.62 Å². The fourth-order valence-electron chi connectivity index (χ4n) is 4.25. The summed E-state index contributed by atoms with van der Waals surface area (Å²) in [6.45, 7) is 3.14. The number of nitrogens with one attached hydrogen (secondary N) is 1. The van der Waals surface area contributed by atoms with Crippen LogP contribution in [0, 0.1) is 6.92 Å². The van der Waals surface area contributed by atoms with Gasteiger partial charge >= 0.3 is 0 Å². The molecule has 1 saturated carbocycles. The maximum Gasteiger partial charge on any atom is 0.244 e. The zero-order chi connectivity index (χ0) is 25.8. The number of carbonyl (C=O) groups is 2. The molecule has 190 valence electrons. The average molecular weight is 585 g/mol. The number of sulfonamides is 1. The van der Waals surface area contributed by atoms with Crippen LogP contribution in [-0.2, 0) is 26.2 Å². The van der Waals surface area contributed by atoms with E-state index in [1.807, 2.05) is 24.3 Å². The van der Waals surface area contributed by atoms with Gasteiger partial charge in [-0.25, -0.2) is 8.42 Å². The van der Waals surface area contributed by atoms with E-state index in [4.69, 9.17) is 11.6 Å². The summed E-state index contributed by atoms with van der Waals surface area (Å²) in [4.78, 5) is 28.2. The molecule has 0 saturated heterocycles. The second-order valence-corrected chi connectivity index (χ2v) is 12.3. The van der Waals surface area contributed by atoms with Gasteiger partial charge in [-0.3, -0.25) is 13.9 Å². The molecule has 0 bridgehead atoms. The summed E-state index contributed by atoms with van der Waals surface area (Å²) in [7, 11) is -3.81. The second-order valence-electron chi connectivity index (χ2n) is 9.02. The van der Waals surface area contributed by atoms with Gasteiger partial charge in [0.05, 0.1) is 11.9 Å². The number of hydrogen-bond donors (Lipinski definition) is 1. The minimum atomic E-state index is -3.81. The molecule has 7 nitrogen and oxygen atoms in total. The van der Waals surface area contributed by atoms with Crippen LogP contribution >= 0.6 is 27.5 Å². The van der Waals surface area contributed by atoms with Crippen LogP contribution in [0.2, 0.25) is 5.02 Å². The van der Waals surface area contributed by atoms with Gasteiger partial charge in [0.1, 0.15) is 12.6 Å². The Morgan fingerprint density at radius 3 is 2.49 bits per heavy atom. The van der Waals surface area contributed by atoms with Crippen LogP contribution in [0.25, 0.3) is 0 Å². The lowest BCUT2D eigenvalue weighted by atomic mass is 10.1. The lowest BCUT2D eigenvalue weighted by Gasteiger charge is -2.32. The zero-order valence-corrected chi connectivity index (χ0v) is 23.3. The van der Waals surface area contributed by atoms with E-state index in [1.165, 1.54) is 11.0 Å². The molecule has 1 atom stereocenters. The third-order valence-electron chi connectivity index (χ3n) is 6.23. The maximum absolute atomic E-state index is 13.6. The van der Waals surface area contributed by atoms with Gasteiger partial charge in [0.2, 0.25) is 21.8 Å². The first kappa shape index (κ1) is 27.5. The molecular formula is C25H31BrClN3O4S. The van der Waals surface area contributed by atoms with E-state index in [0.29, 0.717) is 16.3 Å². The fourth-order valence-corrected chi connectivity index (χ4v) is 5.76. The number of carbonyl (C=O) groups excluding carboxylic acids is 2. The van der Waals surface area contributed by atoms with Crippen molar-refractivity contribution >= 4 is 55.1 Å². The number of benzene rings is 2. The van der Waals surface area contributed by atoms with E-state index in [2.05, 4.69) is 21.2 Å². The smallest absolute Gasteiger partial charge is 0.244 e. The molecular weight excluding hydrogens is 554 g/mol. The predicted molar refractivity (Wildman–Crippen MR) is 143 cm³/mol. The van der Waals surface area contributed by atoms with E-state index in [0.717, 1.165) is 46.3 Å². The van der Waals surface area contributed by atoms with Crippen molar-refractivity contribution in [1.29, 1.82) is 0 Å². The summed E-state index contributed by atoms with van der Waals surface area (Å²) in [6, 6.07) is 11.7. The lowest BCUT2D eigenvalue weighted by Crippen LogP contribution is -2.52. The van der Waals surface area contributed by atoms with Crippen LogP contribution in [0.3, 0.4) is 0 Å². The molecule has 1 fully saturated rings. The molecule has 1 N–H and O–H groups in total. The molecule has 3 rings (SSSR count). The van der Waals surface area contributed by atoms with Crippen molar-refractivity contribution in [2.24, 2.45) is 0 Å². The quantitative estimate of drug-likeness (QED) is 0.465. The summed E-state index contributed by atoms with van der Waals surface area (Å²) in [5.41, 5.74) is 1.81. The van der Waals surface area contributed by atoms with Gasteiger partial charge in [0.15, 0.2) is 0 Å². The van der Waals surface area contributed by atoms with Crippen molar-refractivity contribution in [1.82, 2.24) is 10.2 Å². The monoisotopic (exact) mass is 583 g/mol. The number of rotatable bonds is 9. The first-order chi connectivity index (χ1) is 16.5. The highest BCUT2D eigenvalue weighted by molar-refractivity contribution is 9.10. The van der Waals surface area contributed by atoms with Crippen molar-refractivity contribution in [3.05, 3.63) is 63.1 Å². The molecule has 2 aromatic carbocycles. The highest BCUT2D eigenvalue weighted by Gasteiger charge is 2.31. The molecule has 0 unspecified atom stereocenters. The van der Waals surface area contributed by atoms with Gasteiger partial charge in [0.25, 0.3) is 0 Å². The Bertz CT molecular complexity index is 1180. The van der Waals surface area contributed by atoms with E-state index in [-0.39, 0.29) is 18.5 Å². The first-order valence-corrected chi connectivity index (χ1v) is 14.6. The van der Waals surface area contributed by atoms with Crippen molar-refractivity contribution < 1.29 is 18.0 Å². The molecule has 0 aliphatic heterocycles. The number of nitrogens with zero attached hydrogens (tertiary/aromatic N) is 2. The SMILES string of the molecule is Cc1ccc(Cl)cc1N(CC(=O)N(Cc1cccc(Br)c1)[C@@H](C)C(=O)NC1CCCC1)S(C)(=O)=O. The number of aryl methyl sites for hydroxylation is 1. The Labute approximate surface area is 221 Å². The third-order valence-corrected chi connectivity index (χ3v) is 8.08. The Morgan fingerprint density at radius 1 is 1.17 bits per heavy atom. The highest BCUT2D eigenvalue weighted by Crippen LogP contribution is 2.27. The van der Waals surface area contributed by atoms with Crippen LogP contribution in [0.1, 0.15) is 43.7 Å². The molecule has 0 heterocycles. The standard InChI is InChI=1S/C25H31BrClN3O4S/c1-17-11-12-21(27)14-23(17)30(35(3,33)34)16-24(31)29(15-19-7-6-8-20(26)13-19)18(2)25(32)28-22-9-4-5-10-22/h6-8,11-14,18,22H,4-5,9-10,15-16H2,1-3H3,(H,28,32)/t18-/m0/s1. The van der Waals surface area contributed by atoms with Gasteiger partial charge < -0.3 is 10.2 Å². The van der Waals surface area contributed by atoms with Gasteiger partial charge in [0, 0.05) is 22.1 Å². The topological polar surface area (TPSA) is 86.8 Å². The lowest BCUT2D eigenvalue weighted by molar-refractivity contribution is -0.139. The maximum atomic E-state index is 13.6. The van der Waals surface area contributed by atoms with Gasteiger partial charge in [-0.2, -0.15) is 0 Å². The Kier molecular flexibility index (Phi) is 9.23. The van der Waals surface area contributed by atoms with E-state index < -0.39 is 28.5 Å². The van der Waals surface area contributed by atoms with E-state index >= 15 is 0 Å². The molecule has 2 aromatic rings. The molecule has 1 aliphatic rings. The van der Waals surface area contributed by atoms with Gasteiger partial charge in [-0.1, -0.05) is 58.6 Å². The summed E-state index contributed by atoms with van der Waals surface area (Å²) in [6.07, 6.45) is 5.04. The Hall–Kier alpha value is -2.10. The summed E-state index contributed by atoms with van der Waals surface area (Å²) in [5, 5.41) is 3.41. The normalized spacial score (nSPS) is 15.0. The number of anilines is 1. The Morgan fingerprint density at radius 2 is 1.86 bits per heavy atom. The third kappa shape index (κ3) is 7.44. The van der Waals surface area contributed by atoms with E-state index in [1.54, 1.807) is 26.0 Å². The molecule has 0 radical (unpaired) electrons. The largest absolute Gasteiger partial charge is 0.352 e. The average Bonchev–Trinajstić information content (AvgIpc) is 3.29. The first-order valence-electron chi connectivity index (χ1n) is 11.5. The molecule has 35 heavy (non-hydrogen) atoms. The molecule has 1 aliphatic carbocycles. The fraction of sp³-hybridized carbons (Fsp3) is 0.440. The van der Waals surface area contributed by atoms with Crippen LogP contribution in [-0.4, -0.2) is 50.0 Å².